The summed E-state index contributed by atoms with van der Waals surface area (Å²) in [6, 6.07) is 2.33. The highest BCUT2D eigenvalue weighted by molar-refractivity contribution is 5.80. The van der Waals surface area contributed by atoms with Crippen LogP contribution in [-0.2, 0) is 4.79 Å². The summed E-state index contributed by atoms with van der Waals surface area (Å²) in [5.74, 6) is 1.20. The van der Waals surface area contributed by atoms with Crippen molar-refractivity contribution >= 4 is 11.9 Å². The Morgan fingerprint density at radius 2 is 2.04 bits per heavy atom. The van der Waals surface area contributed by atoms with Crippen LogP contribution in [0.3, 0.4) is 0 Å². The molecule has 6 heteroatoms. The van der Waals surface area contributed by atoms with Gasteiger partial charge in [-0.05, 0) is 65.2 Å². The minimum absolute atomic E-state index is 0.0689. The molecule has 0 aliphatic carbocycles. The molecule has 150 valence electrons. The molecule has 2 aliphatic rings. The quantitative estimate of drug-likeness (QED) is 0.767. The zero-order valence-corrected chi connectivity index (χ0v) is 17.2. The van der Waals surface area contributed by atoms with Crippen molar-refractivity contribution in [1.82, 2.24) is 19.8 Å². The third kappa shape index (κ3) is 5.18. The van der Waals surface area contributed by atoms with Gasteiger partial charge in [-0.1, -0.05) is 13.3 Å². The average Bonchev–Trinajstić information content (AvgIpc) is 2.69. The fourth-order valence-electron chi connectivity index (χ4n) is 4.29. The molecule has 0 spiro atoms. The number of piperidine rings is 2. The van der Waals surface area contributed by atoms with Gasteiger partial charge in [0.2, 0.25) is 11.9 Å². The molecule has 27 heavy (non-hydrogen) atoms. The fourth-order valence-corrected chi connectivity index (χ4v) is 4.29. The minimum Gasteiger partial charge on any atom is -0.340 e. The monoisotopic (exact) mass is 373 g/mol. The second kappa shape index (κ2) is 9.49. The van der Waals surface area contributed by atoms with E-state index in [1.165, 1.54) is 0 Å². The van der Waals surface area contributed by atoms with E-state index in [0.717, 1.165) is 82.9 Å². The maximum absolute atomic E-state index is 13.5. The first-order valence-corrected chi connectivity index (χ1v) is 10.6. The normalized spacial score (nSPS) is 22.0. The molecule has 3 rings (SSSR count). The van der Waals surface area contributed by atoms with Crippen LogP contribution < -0.4 is 4.90 Å². The Hall–Kier alpha value is -1.69. The van der Waals surface area contributed by atoms with E-state index in [9.17, 15) is 4.79 Å². The first kappa shape index (κ1) is 20.1. The number of likely N-dealkylation sites (tertiary alicyclic amines) is 1. The third-order valence-corrected chi connectivity index (χ3v) is 6.00. The summed E-state index contributed by atoms with van der Waals surface area (Å²) >= 11 is 0. The van der Waals surface area contributed by atoms with E-state index in [0.29, 0.717) is 11.9 Å². The fraction of sp³-hybridized carbons (Fsp3) is 0.762. The maximum atomic E-state index is 13.5. The molecule has 1 unspecified atom stereocenters. The summed E-state index contributed by atoms with van der Waals surface area (Å²) in [6.07, 6.45) is 8.25. The van der Waals surface area contributed by atoms with Gasteiger partial charge in [-0.2, -0.15) is 0 Å². The molecular weight excluding hydrogens is 338 g/mol. The zero-order chi connectivity index (χ0) is 19.2. The molecule has 1 aromatic heterocycles. The Balaban J connectivity index is 1.68. The summed E-state index contributed by atoms with van der Waals surface area (Å²) in [4.78, 5) is 29.3. The van der Waals surface area contributed by atoms with Crippen molar-refractivity contribution < 1.29 is 4.79 Å². The van der Waals surface area contributed by atoms with Crippen molar-refractivity contribution in [2.45, 2.75) is 58.4 Å². The van der Waals surface area contributed by atoms with Crippen molar-refractivity contribution in [1.29, 1.82) is 0 Å². The molecule has 2 fully saturated rings. The maximum Gasteiger partial charge on any atom is 0.227 e. The summed E-state index contributed by atoms with van der Waals surface area (Å²) < 4.78 is 0. The number of carbonyl (C=O) groups excluding carboxylic acids is 1. The number of nitrogens with zero attached hydrogens (tertiary/aromatic N) is 5. The third-order valence-electron chi connectivity index (χ3n) is 6.00. The molecule has 1 atom stereocenters. The second-order valence-corrected chi connectivity index (χ2v) is 8.20. The van der Waals surface area contributed by atoms with E-state index >= 15 is 0 Å². The number of unbranched alkanes of at least 4 members (excludes halogenated alkanes) is 1. The van der Waals surface area contributed by atoms with E-state index in [4.69, 9.17) is 0 Å². The first-order chi connectivity index (χ1) is 13.1. The van der Waals surface area contributed by atoms with Crippen LogP contribution in [0.15, 0.2) is 12.3 Å². The minimum atomic E-state index is 0.0689. The number of hydrogen-bond donors (Lipinski definition) is 0. The lowest BCUT2D eigenvalue weighted by Gasteiger charge is -2.41. The van der Waals surface area contributed by atoms with Gasteiger partial charge < -0.3 is 14.7 Å². The van der Waals surface area contributed by atoms with Crippen molar-refractivity contribution in [2.75, 3.05) is 44.7 Å². The summed E-state index contributed by atoms with van der Waals surface area (Å²) in [5, 5.41) is 0. The Morgan fingerprint density at radius 3 is 2.74 bits per heavy atom. The molecule has 1 aromatic rings. The van der Waals surface area contributed by atoms with Gasteiger partial charge in [0.05, 0.1) is 5.92 Å². The van der Waals surface area contributed by atoms with Crippen LogP contribution in [0, 0.1) is 12.8 Å². The van der Waals surface area contributed by atoms with Crippen molar-refractivity contribution in [3.8, 4) is 0 Å². The summed E-state index contributed by atoms with van der Waals surface area (Å²) in [7, 11) is 2.18. The SMILES string of the molecule is CCCCN(C(=O)C1CCCN(c2nccc(C)n2)C1)C1CCN(C)CC1. The van der Waals surface area contributed by atoms with Gasteiger partial charge >= 0.3 is 0 Å². The number of rotatable bonds is 6. The molecule has 0 bridgehead atoms. The van der Waals surface area contributed by atoms with E-state index in [-0.39, 0.29) is 5.92 Å². The number of aromatic nitrogens is 2. The first-order valence-electron chi connectivity index (χ1n) is 10.6. The van der Waals surface area contributed by atoms with E-state index in [1.807, 2.05) is 19.2 Å². The molecule has 2 aliphatic heterocycles. The predicted molar refractivity (Wildman–Crippen MR) is 109 cm³/mol. The Labute approximate surface area is 164 Å². The van der Waals surface area contributed by atoms with E-state index in [2.05, 4.69) is 38.6 Å². The van der Waals surface area contributed by atoms with Gasteiger partial charge in [0, 0.05) is 37.6 Å². The molecule has 0 N–H and O–H groups in total. The van der Waals surface area contributed by atoms with Gasteiger partial charge in [0.25, 0.3) is 0 Å². The summed E-state index contributed by atoms with van der Waals surface area (Å²) in [5.41, 5.74) is 0.976. The molecule has 0 saturated carbocycles. The number of anilines is 1. The largest absolute Gasteiger partial charge is 0.340 e. The molecule has 3 heterocycles. The van der Waals surface area contributed by atoms with E-state index < -0.39 is 0 Å². The lowest BCUT2D eigenvalue weighted by atomic mass is 9.94. The van der Waals surface area contributed by atoms with Crippen LogP contribution in [0.25, 0.3) is 0 Å². The smallest absolute Gasteiger partial charge is 0.227 e. The number of hydrogen-bond acceptors (Lipinski definition) is 5. The van der Waals surface area contributed by atoms with Gasteiger partial charge in [-0.15, -0.1) is 0 Å². The summed E-state index contributed by atoms with van der Waals surface area (Å²) in [6.45, 7) is 8.97. The van der Waals surface area contributed by atoms with Gasteiger partial charge in [0.15, 0.2) is 0 Å². The van der Waals surface area contributed by atoms with Crippen molar-refractivity contribution in [2.24, 2.45) is 5.92 Å². The Kier molecular flexibility index (Phi) is 7.05. The van der Waals surface area contributed by atoms with Crippen LogP contribution in [0.2, 0.25) is 0 Å². The lowest BCUT2D eigenvalue weighted by Crippen LogP contribution is -2.51. The molecular formula is C21H35N5O. The Bertz CT molecular complexity index is 614. The second-order valence-electron chi connectivity index (χ2n) is 8.20. The standard InChI is InChI=1S/C21H35N5O/c1-4-5-13-26(19-9-14-24(3)15-10-19)20(27)18-7-6-12-25(16-18)21-22-11-8-17(2)23-21/h8,11,18-19H,4-7,9-10,12-16H2,1-3H3. The predicted octanol–water partition coefficient (Wildman–Crippen LogP) is 2.72. The highest BCUT2D eigenvalue weighted by Crippen LogP contribution is 2.25. The van der Waals surface area contributed by atoms with Gasteiger partial charge in [-0.3, -0.25) is 4.79 Å². The molecule has 1 amide bonds. The number of aryl methyl sites for hydroxylation is 1. The van der Waals surface area contributed by atoms with Crippen LogP contribution in [0.5, 0.6) is 0 Å². The highest BCUT2D eigenvalue weighted by atomic mass is 16.2. The van der Waals surface area contributed by atoms with Gasteiger partial charge in [0.1, 0.15) is 0 Å². The molecule has 0 radical (unpaired) electrons. The average molecular weight is 374 g/mol. The van der Waals surface area contributed by atoms with Crippen molar-refractivity contribution in [3.05, 3.63) is 18.0 Å². The lowest BCUT2D eigenvalue weighted by molar-refractivity contribution is -0.139. The highest BCUT2D eigenvalue weighted by Gasteiger charge is 2.34. The molecule has 2 saturated heterocycles. The van der Waals surface area contributed by atoms with Crippen LogP contribution in [-0.4, -0.2) is 71.5 Å². The van der Waals surface area contributed by atoms with E-state index in [1.54, 1.807) is 0 Å². The van der Waals surface area contributed by atoms with Crippen molar-refractivity contribution in [3.63, 3.8) is 0 Å². The Morgan fingerprint density at radius 1 is 1.26 bits per heavy atom. The number of carbonyl (C=O) groups is 1. The zero-order valence-electron chi connectivity index (χ0n) is 17.2. The topological polar surface area (TPSA) is 52.6 Å². The van der Waals surface area contributed by atoms with Crippen LogP contribution in [0.4, 0.5) is 5.95 Å². The molecule has 0 aromatic carbocycles. The van der Waals surface area contributed by atoms with Gasteiger partial charge in [-0.25, -0.2) is 9.97 Å². The molecule has 6 nitrogen and oxygen atoms in total. The number of amides is 1. The van der Waals surface area contributed by atoms with Crippen LogP contribution >= 0.6 is 0 Å². The van der Waals surface area contributed by atoms with Crippen LogP contribution in [0.1, 0.15) is 51.1 Å².